The first-order chi connectivity index (χ1) is 20.3. The third kappa shape index (κ3) is 6.78. The van der Waals surface area contributed by atoms with Crippen LogP contribution in [0.25, 0.3) is 11.0 Å². The van der Waals surface area contributed by atoms with Crippen LogP contribution in [0.4, 0.5) is 23.0 Å². The fraction of sp³-hybridized carbons (Fsp3) is 0.250. The number of carbonyl (C=O) groups excluding carboxylic acids is 1. The Balaban J connectivity index is 1.52. The summed E-state index contributed by atoms with van der Waals surface area (Å²) >= 11 is 3.81. The highest BCUT2D eigenvalue weighted by atomic mass is 35.5. The van der Waals surface area contributed by atoms with Gasteiger partial charge in [-0.05, 0) is 68.9 Å². The molecule has 0 saturated carbocycles. The number of rotatable bonds is 8. The minimum Gasteiger partial charge on any atom is -0.497 e. The molecular weight excluding hydrogens is 580 g/mol. The van der Waals surface area contributed by atoms with E-state index in [9.17, 15) is 13.6 Å². The number of nitrogens with zero attached hydrogens (tertiary/aromatic N) is 7. The van der Waals surface area contributed by atoms with Crippen LogP contribution in [-0.4, -0.2) is 62.8 Å². The molecule has 1 aromatic heterocycles. The molecule has 3 aromatic carbocycles. The second-order valence-electron chi connectivity index (χ2n) is 9.60. The fourth-order valence-corrected chi connectivity index (χ4v) is 5.29. The number of carbonyl (C=O) groups is 1. The second-order valence-corrected chi connectivity index (χ2v) is 10.8. The van der Waals surface area contributed by atoms with E-state index in [4.69, 9.17) is 16.3 Å². The number of methoxy groups -OCH3 is 1. The number of ether oxygens (including phenoxy) is 1. The number of anilines is 4. The zero-order valence-electron chi connectivity index (χ0n) is 22.8. The maximum Gasteiger partial charge on any atom is 0.360 e. The standard InChI is InChI=1S/C28H27ClN8O4S/c1-36-14-6-8-19(17-36)33-35-34-28(38)18-7-5-9-20(15-18)37(42(39)40)27-26(30-23-10-3-4-11-24(23)32-27)31-25-16-21(41-2)12-13-22(25)29/h3-5,7,9-13,15-16,19H,6,8,14,17H2,1-2H3,(H-,30,31,39,40)/p+1. The zero-order chi connectivity index (χ0) is 29.6. The molecule has 1 amide bonds. The summed E-state index contributed by atoms with van der Waals surface area (Å²) in [6.45, 7) is 1.76. The highest BCUT2D eigenvalue weighted by Gasteiger charge is 2.25. The van der Waals surface area contributed by atoms with Gasteiger partial charge in [0.1, 0.15) is 16.9 Å². The van der Waals surface area contributed by atoms with E-state index < -0.39 is 17.2 Å². The first kappa shape index (κ1) is 29.2. The van der Waals surface area contributed by atoms with Crippen LogP contribution in [0.5, 0.6) is 5.75 Å². The number of hydrogen-bond donors (Lipinski definition) is 2. The van der Waals surface area contributed by atoms with Gasteiger partial charge in [0.15, 0.2) is 11.6 Å². The Kier molecular flexibility index (Phi) is 9.15. The van der Waals surface area contributed by atoms with E-state index in [2.05, 4.69) is 35.3 Å². The van der Waals surface area contributed by atoms with E-state index >= 15 is 0 Å². The number of halogens is 1. The maximum atomic E-state index is 12.9. The van der Waals surface area contributed by atoms with Crippen LogP contribution in [-0.2, 0) is 11.3 Å². The summed E-state index contributed by atoms with van der Waals surface area (Å²) in [7, 11) is 3.54. The van der Waals surface area contributed by atoms with Gasteiger partial charge >= 0.3 is 5.91 Å². The van der Waals surface area contributed by atoms with Gasteiger partial charge in [-0.1, -0.05) is 29.8 Å². The molecular formula is C28H28ClN8O4S+. The average molecular weight is 608 g/mol. The van der Waals surface area contributed by atoms with Crippen molar-refractivity contribution < 1.29 is 18.3 Å². The number of nitrogens with one attached hydrogen (secondary N) is 1. The topological polar surface area (TPSA) is 147 Å². The number of hydrogen-bond acceptors (Lipinski definition) is 8. The van der Waals surface area contributed by atoms with Crippen molar-refractivity contribution in [3.63, 3.8) is 0 Å². The molecule has 2 unspecified atom stereocenters. The summed E-state index contributed by atoms with van der Waals surface area (Å²) < 4.78 is 29.6. The molecule has 2 atom stereocenters. The van der Waals surface area contributed by atoms with Crippen molar-refractivity contribution >= 4 is 62.8 Å². The number of benzene rings is 3. The van der Waals surface area contributed by atoms with E-state index in [1.807, 2.05) is 13.1 Å². The summed E-state index contributed by atoms with van der Waals surface area (Å²) in [6, 6.07) is 18.2. The molecule has 0 spiro atoms. The van der Waals surface area contributed by atoms with Crippen molar-refractivity contribution in [2.24, 2.45) is 10.2 Å². The summed E-state index contributed by atoms with van der Waals surface area (Å²) in [6.07, 6.45) is 1.89. The molecule has 0 bridgehead atoms. The number of likely N-dealkylation sites (tertiary alicyclic amines) is 1. The van der Waals surface area contributed by atoms with Gasteiger partial charge in [0, 0.05) is 12.6 Å². The van der Waals surface area contributed by atoms with E-state index in [0.29, 0.717) is 27.5 Å². The van der Waals surface area contributed by atoms with Gasteiger partial charge in [-0.2, -0.15) is 0 Å². The molecule has 1 saturated heterocycles. The first-order valence-corrected chi connectivity index (χ1v) is 14.5. The first-order valence-electron chi connectivity index (χ1n) is 13.0. The summed E-state index contributed by atoms with van der Waals surface area (Å²) in [5, 5.41) is 11.4. The van der Waals surface area contributed by atoms with Crippen molar-refractivity contribution in [2.45, 2.75) is 18.9 Å². The number of fused-ring (bicyclic) bond motifs is 1. The Morgan fingerprint density at radius 3 is 2.69 bits per heavy atom. The van der Waals surface area contributed by atoms with Crippen molar-refractivity contribution in [2.75, 3.05) is 36.9 Å². The summed E-state index contributed by atoms with van der Waals surface area (Å²) in [5.74, 6) is 0.0805. The smallest absolute Gasteiger partial charge is 0.360 e. The fourth-order valence-electron chi connectivity index (χ4n) is 4.55. The Bertz CT molecular complexity index is 1710. The zero-order valence-corrected chi connectivity index (χ0v) is 24.4. The van der Waals surface area contributed by atoms with Gasteiger partial charge in [-0.25, -0.2) is 18.5 Å². The van der Waals surface area contributed by atoms with Gasteiger partial charge in [0.05, 0.1) is 40.1 Å². The highest BCUT2D eigenvalue weighted by Crippen LogP contribution is 2.36. The molecule has 1 fully saturated rings. The molecule has 216 valence electrons. The number of aromatic nitrogens is 2. The van der Waals surface area contributed by atoms with Crippen LogP contribution in [0.1, 0.15) is 23.2 Å². The molecule has 42 heavy (non-hydrogen) atoms. The van der Waals surface area contributed by atoms with Gasteiger partial charge < -0.3 is 15.0 Å². The Hall–Kier alpha value is -4.26. The monoisotopic (exact) mass is 607 g/mol. The van der Waals surface area contributed by atoms with Crippen LogP contribution in [0, 0.1) is 0 Å². The van der Waals surface area contributed by atoms with Crippen LogP contribution in [0.3, 0.4) is 0 Å². The van der Waals surface area contributed by atoms with Crippen LogP contribution < -0.4 is 19.3 Å². The van der Waals surface area contributed by atoms with Crippen LogP contribution >= 0.6 is 11.6 Å². The lowest BCUT2D eigenvalue weighted by Gasteiger charge is -2.23. The largest absolute Gasteiger partial charge is 0.497 e. The maximum absolute atomic E-state index is 12.9. The normalized spacial score (nSPS) is 15.9. The van der Waals surface area contributed by atoms with Gasteiger partial charge in [0.25, 0.3) is 11.3 Å². The molecule has 2 heterocycles. The molecule has 0 aliphatic carbocycles. The predicted molar refractivity (Wildman–Crippen MR) is 162 cm³/mol. The minimum absolute atomic E-state index is 0.0191. The second kappa shape index (κ2) is 13.1. The number of amides is 1. The Labute approximate surface area is 249 Å². The molecule has 1 aliphatic rings. The average Bonchev–Trinajstić information content (AvgIpc) is 2.98. The number of para-hydroxylation sites is 2. The molecule has 12 nitrogen and oxygen atoms in total. The minimum atomic E-state index is -2.62. The van der Waals surface area contributed by atoms with E-state index in [0.717, 1.165) is 30.2 Å². The third-order valence-corrected chi connectivity index (χ3v) is 7.63. The lowest BCUT2D eigenvalue weighted by Crippen LogP contribution is -2.34. The van der Waals surface area contributed by atoms with Crippen molar-refractivity contribution in [1.29, 1.82) is 0 Å². The van der Waals surface area contributed by atoms with Crippen molar-refractivity contribution in [3.8, 4) is 5.75 Å². The number of piperidine rings is 1. The van der Waals surface area contributed by atoms with E-state index in [-0.39, 0.29) is 28.9 Å². The van der Waals surface area contributed by atoms with E-state index in [1.165, 1.54) is 13.2 Å². The molecule has 5 rings (SSSR count). The summed E-state index contributed by atoms with van der Waals surface area (Å²) in [4.78, 5) is 28.1. The molecule has 1 aliphatic heterocycles. The predicted octanol–water partition coefficient (Wildman–Crippen LogP) is 5.52. The molecule has 4 aromatic rings. The Morgan fingerprint density at radius 1 is 1.17 bits per heavy atom. The van der Waals surface area contributed by atoms with Gasteiger partial charge in [0.2, 0.25) is 10.0 Å². The van der Waals surface area contributed by atoms with Crippen LogP contribution in [0.15, 0.2) is 77.0 Å². The van der Waals surface area contributed by atoms with Crippen molar-refractivity contribution in [1.82, 2.24) is 19.8 Å². The quantitative estimate of drug-likeness (QED) is 0.151. The van der Waals surface area contributed by atoms with Gasteiger partial charge in [-0.15, -0.1) is 0 Å². The SMILES string of the molecule is COc1ccc(Cl)c(Nc2nc3ccccc3nc2N(c2cccc(C(=O)N=[N+]=NC3CCCN(C)C3)c2)S(=O)O)c1. The Morgan fingerprint density at radius 2 is 1.95 bits per heavy atom. The summed E-state index contributed by atoms with van der Waals surface area (Å²) in [5.41, 5.74) is 1.83. The van der Waals surface area contributed by atoms with E-state index in [1.54, 1.807) is 54.6 Å². The molecule has 14 heteroatoms. The van der Waals surface area contributed by atoms with Crippen LogP contribution in [0.2, 0.25) is 5.02 Å². The van der Waals surface area contributed by atoms with Crippen molar-refractivity contribution in [3.05, 3.63) is 77.3 Å². The molecule has 2 N–H and O–H groups in total. The number of likely N-dealkylation sites (N-methyl/N-ethyl adjacent to an activating group) is 1. The van der Waals surface area contributed by atoms with Gasteiger partial charge in [-0.3, -0.25) is 9.35 Å². The lowest BCUT2D eigenvalue weighted by molar-refractivity contribution is 0.0992. The lowest BCUT2D eigenvalue weighted by atomic mass is 10.1. The third-order valence-electron chi connectivity index (χ3n) is 6.61. The molecule has 0 radical (unpaired) electrons. The highest BCUT2D eigenvalue weighted by molar-refractivity contribution is 7.81.